The van der Waals surface area contributed by atoms with Crippen molar-refractivity contribution >= 4 is 43.9 Å². The van der Waals surface area contributed by atoms with Crippen molar-refractivity contribution in [2.75, 3.05) is 19.6 Å². The highest BCUT2D eigenvalue weighted by Crippen LogP contribution is 2.37. The monoisotopic (exact) mass is 520 g/mol. The van der Waals surface area contributed by atoms with Crippen molar-refractivity contribution in [1.29, 1.82) is 0 Å². The third-order valence-electron chi connectivity index (χ3n) is 3.95. The van der Waals surface area contributed by atoms with E-state index in [9.17, 15) is 5.11 Å². The fraction of sp³-hybridized carbons (Fsp3) is 0.150. The molecule has 0 bridgehead atoms. The summed E-state index contributed by atoms with van der Waals surface area (Å²) >= 11 is 6.74. The predicted molar refractivity (Wildman–Crippen MR) is 120 cm³/mol. The fourth-order valence-corrected chi connectivity index (χ4v) is 3.80. The van der Waals surface area contributed by atoms with Gasteiger partial charge in [-0.15, -0.1) is 0 Å². The number of nitrogens with one attached hydrogen (secondary N) is 1. The summed E-state index contributed by atoms with van der Waals surface area (Å²) < 4.78 is 11.9. The Balaban J connectivity index is 1.87. The molecule has 0 saturated heterocycles. The highest BCUT2D eigenvalue weighted by molar-refractivity contribution is 9.11. The maximum absolute atomic E-state index is 10.4. The van der Waals surface area contributed by atoms with Gasteiger partial charge in [0.2, 0.25) is 0 Å². The minimum absolute atomic E-state index is 0.0659. The van der Waals surface area contributed by atoms with E-state index in [2.05, 4.69) is 52.4 Å². The zero-order chi connectivity index (χ0) is 21.0. The summed E-state index contributed by atoms with van der Waals surface area (Å²) in [7, 11) is 3.18. The molecule has 150 valence electrons. The smallest absolute Gasteiger partial charge is 0.165 e. The standard InChI is InChI=1S/C20H18Br2N4O3/c1-11-6-18(25-20(24-11)15-7-13(21)8-16(22)19(15)27)26-23-10-12-4-5-14(28-2)9-17(12)29-3/h4-10,27H,1-3H3,(H,24,25,26)/b23-10+. The van der Waals surface area contributed by atoms with Crippen LogP contribution in [0.15, 0.2) is 50.4 Å². The number of aryl methyl sites for hydroxylation is 1. The van der Waals surface area contributed by atoms with Crippen molar-refractivity contribution in [1.82, 2.24) is 9.97 Å². The van der Waals surface area contributed by atoms with Crippen LogP contribution in [0.4, 0.5) is 5.82 Å². The Bertz CT molecular complexity index is 1070. The maximum atomic E-state index is 10.4. The molecule has 9 heteroatoms. The fourth-order valence-electron chi connectivity index (χ4n) is 2.58. The molecule has 0 fully saturated rings. The quantitative estimate of drug-likeness (QED) is 0.344. The number of phenolic OH excluding ortho intramolecular Hbond substituents is 1. The SMILES string of the molecule is COc1ccc(/C=N/Nc2cc(C)nc(-c3cc(Br)cc(Br)c3O)n2)c(OC)c1. The van der Waals surface area contributed by atoms with Crippen LogP contribution in [0.2, 0.25) is 0 Å². The molecule has 0 spiro atoms. The summed E-state index contributed by atoms with van der Waals surface area (Å²) in [6.45, 7) is 1.84. The van der Waals surface area contributed by atoms with Gasteiger partial charge in [-0.3, -0.25) is 5.43 Å². The molecule has 7 nitrogen and oxygen atoms in total. The molecule has 2 N–H and O–H groups in total. The van der Waals surface area contributed by atoms with Crippen LogP contribution in [-0.2, 0) is 0 Å². The van der Waals surface area contributed by atoms with Gasteiger partial charge >= 0.3 is 0 Å². The van der Waals surface area contributed by atoms with E-state index in [0.717, 1.165) is 15.7 Å². The lowest BCUT2D eigenvalue weighted by molar-refractivity contribution is 0.394. The lowest BCUT2D eigenvalue weighted by atomic mass is 10.2. The first-order valence-electron chi connectivity index (χ1n) is 8.46. The summed E-state index contributed by atoms with van der Waals surface area (Å²) in [5, 5.41) is 14.6. The second-order valence-corrected chi connectivity index (χ2v) is 7.75. The topological polar surface area (TPSA) is 88.9 Å². The summed E-state index contributed by atoms with van der Waals surface area (Å²) in [6, 6.07) is 10.7. The number of methoxy groups -OCH3 is 2. The van der Waals surface area contributed by atoms with Crippen molar-refractivity contribution < 1.29 is 14.6 Å². The largest absolute Gasteiger partial charge is 0.506 e. The molecule has 2 aromatic carbocycles. The van der Waals surface area contributed by atoms with E-state index in [1.165, 1.54) is 0 Å². The molecular weight excluding hydrogens is 504 g/mol. The average molecular weight is 522 g/mol. The van der Waals surface area contributed by atoms with Gasteiger partial charge in [-0.25, -0.2) is 9.97 Å². The molecule has 0 unspecified atom stereocenters. The normalized spacial score (nSPS) is 10.9. The van der Waals surface area contributed by atoms with E-state index in [0.29, 0.717) is 33.2 Å². The Morgan fingerprint density at radius 2 is 1.86 bits per heavy atom. The zero-order valence-corrected chi connectivity index (χ0v) is 19.1. The molecule has 0 aliphatic carbocycles. The highest BCUT2D eigenvalue weighted by atomic mass is 79.9. The van der Waals surface area contributed by atoms with Crippen molar-refractivity contribution in [2.24, 2.45) is 5.10 Å². The number of benzene rings is 2. The first-order chi connectivity index (χ1) is 13.9. The van der Waals surface area contributed by atoms with Gasteiger partial charge in [-0.05, 0) is 47.1 Å². The number of aromatic hydroxyl groups is 1. The predicted octanol–water partition coefficient (Wildman–Crippen LogP) is 5.15. The molecule has 1 aromatic heterocycles. The number of ether oxygens (including phenoxy) is 2. The van der Waals surface area contributed by atoms with Gasteiger partial charge in [0.15, 0.2) is 11.6 Å². The lowest BCUT2D eigenvalue weighted by Gasteiger charge is -2.09. The number of anilines is 1. The summed E-state index contributed by atoms with van der Waals surface area (Å²) in [4.78, 5) is 8.88. The molecule has 0 radical (unpaired) electrons. The van der Waals surface area contributed by atoms with E-state index >= 15 is 0 Å². The second-order valence-electron chi connectivity index (χ2n) is 5.98. The summed E-state index contributed by atoms with van der Waals surface area (Å²) in [5.41, 5.74) is 4.90. The van der Waals surface area contributed by atoms with Crippen LogP contribution < -0.4 is 14.9 Å². The Morgan fingerprint density at radius 3 is 2.59 bits per heavy atom. The van der Waals surface area contributed by atoms with Crippen molar-refractivity contribution in [3.63, 3.8) is 0 Å². The van der Waals surface area contributed by atoms with E-state index in [4.69, 9.17) is 9.47 Å². The molecule has 3 aromatic rings. The van der Waals surface area contributed by atoms with Gasteiger partial charge in [-0.2, -0.15) is 5.10 Å². The van der Waals surface area contributed by atoms with E-state index < -0.39 is 0 Å². The van der Waals surface area contributed by atoms with Crippen molar-refractivity contribution in [3.05, 3.63) is 56.6 Å². The van der Waals surface area contributed by atoms with Gasteiger partial charge in [0, 0.05) is 27.9 Å². The Hall–Kier alpha value is -2.65. The molecule has 0 aliphatic rings. The number of hydrogen-bond donors (Lipinski definition) is 2. The van der Waals surface area contributed by atoms with Gasteiger partial charge < -0.3 is 14.6 Å². The van der Waals surface area contributed by atoms with Gasteiger partial charge in [0.05, 0.1) is 30.5 Å². The summed E-state index contributed by atoms with van der Waals surface area (Å²) in [6.07, 6.45) is 1.63. The third-order valence-corrected chi connectivity index (χ3v) is 5.01. The van der Waals surface area contributed by atoms with Crippen LogP contribution in [-0.4, -0.2) is 35.5 Å². The molecule has 0 atom stereocenters. The van der Waals surface area contributed by atoms with Crippen LogP contribution in [0.25, 0.3) is 11.4 Å². The molecule has 3 rings (SSSR count). The minimum atomic E-state index is 0.0659. The van der Waals surface area contributed by atoms with E-state index in [1.54, 1.807) is 44.7 Å². The van der Waals surface area contributed by atoms with Gasteiger partial charge in [-0.1, -0.05) is 15.9 Å². The summed E-state index contributed by atoms with van der Waals surface area (Å²) in [5.74, 6) is 2.27. The number of hydrogen-bond acceptors (Lipinski definition) is 7. The molecule has 1 heterocycles. The maximum Gasteiger partial charge on any atom is 0.165 e. The van der Waals surface area contributed by atoms with Crippen LogP contribution >= 0.6 is 31.9 Å². The van der Waals surface area contributed by atoms with Gasteiger partial charge in [0.1, 0.15) is 17.2 Å². The number of hydrazone groups is 1. The molecule has 0 saturated carbocycles. The number of nitrogens with zero attached hydrogens (tertiary/aromatic N) is 3. The molecule has 0 aliphatic heterocycles. The van der Waals surface area contributed by atoms with Crippen molar-refractivity contribution in [2.45, 2.75) is 6.92 Å². The van der Waals surface area contributed by atoms with E-state index in [-0.39, 0.29) is 5.75 Å². The lowest BCUT2D eigenvalue weighted by Crippen LogP contribution is -2.00. The number of phenols is 1. The van der Waals surface area contributed by atoms with Crippen LogP contribution in [0.5, 0.6) is 17.2 Å². The first kappa shape index (κ1) is 21.1. The Morgan fingerprint density at radius 1 is 1.07 bits per heavy atom. The van der Waals surface area contributed by atoms with Crippen LogP contribution in [0, 0.1) is 6.92 Å². The number of halogens is 2. The zero-order valence-electron chi connectivity index (χ0n) is 15.9. The van der Waals surface area contributed by atoms with E-state index in [1.807, 2.05) is 19.1 Å². The average Bonchev–Trinajstić information content (AvgIpc) is 2.70. The molecular formula is C20H18Br2N4O3. The van der Waals surface area contributed by atoms with Crippen molar-refractivity contribution in [3.8, 4) is 28.6 Å². The number of rotatable bonds is 6. The highest BCUT2D eigenvalue weighted by Gasteiger charge is 2.13. The van der Waals surface area contributed by atoms with Gasteiger partial charge in [0.25, 0.3) is 0 Å². The molecule has 0 amide bonds. The molecule has 29 heavy (non-hydrogen) atoms. The third kappa shape index (κ3) is 5.04. The van der Waals surface area contributed by atoms with Crippen LogP contribution in [0.3, 0.4) is 0 Å². The van der Waals surface area contributed by atoms with Crippen LogP contribution in [0.1, 0.15) is 11.3 Å². The second kappa shape index (κ2) is 9.23. The Labute approximate surface area is 185 Å². The Kier molecular flexibility index (Phi) is 6.71. The minimum Gasteiger partial charge on any atom is -0.506 e. The number of aromatic nitrogens is 2. The first-order valence-corrected chi connectivity index (χ1v) is 10.0.